The molecule has 0 unspecified atom stereocenters. The number of hydrogen-bond donors (Lipinski definition) is 0. The van der Waals surface area contributed by atoms with Gasteiger partial charge in [0.15, 0.2) is 18.1 Å². The van der Waals surface area contributed by atoms with Crippen molar-refractivity contribution in [3.8, 4) is 22.9 Å². The van der Waals surface area contributed by atoms with Crippen molar-refractivity contribution < 1.29 is 23.5 Å². The average molecular weight is 408 g/mol. The van der Waals surface area contributed by atoms with E-state index in [0.29, 0.717) is 28.8 Å². The largest absolute Gasteiger partial charge is 0.493 e. The molecule has 1 aromatic heterocycles. The summed E-state index contributed by atoms with van der Waals surface area (Å²) in [4.78, 5) is 16.3. The monoisotopic (exact) mass is 408 g/mol. The molecule has 0 aliphatic heterocycles. The topological polar surface area (TPSA) is 83.7 Å². The molecule has 0 radical (unpaired) electrons. The van der Waals surface area contributed by atoms with Crippen LogP contribution in [0.3, 0.4) is 0 Å². The van der Waals surface area contributed by atoms with E-state index in [2.05, 4.69) is 24.0 Å². The maximum Gasteiger partial charge on any atom is 0.331 e. The van der Waals surface area contributed by atoms with Gasteiger partial charge in [0.2, 0.25) is 5.82 Å². The van der Waals surface area contributed by atoms with Crippen LogP contribution in [0.5, 0.6) is 11.5 Å². The van der Waals surface area contributed by atoms with E-state index >= 15 is 0 Å². The lowest BCUT2D eigenvalue weighted by molar-refractivity contribution is -0.139. The number of carbonyl (C=O) groups is 1. The summed E-state index contributed by atoms with van der Waals surface area (Å²) >= 11 is 0. The van der Waals surface area contributed by atoms with Gasteiger partial charge in [-0.25, -0.2) is 4.79 Å². The van der Waals surface area contributed by atoms with Crippen LogP contribution in [-0.4, -0.2) is 30.3 Å². The summed E-state index contributed by atoms with van der Waals surface area (Å²) < 4.78 is 20.9. The van der Waals surface area contributed by atoms with Crippen LogP contribution in [0.15, 0.2) is 53.1 Å². The van der Waals surface area contributed by atoms with Crippen LogP contribution in [0.1, 0.15) is 36.8 Å². The lowest BCUT2D eigenvalue weighted by atomic mass is 10.0. The smallest absolute Gasteiger partial charge is 0.331 e. The zero-order valence-electron chi connectivity index (χ0n) is 17.4. The number of carbonyl (C=O) groups excluding carboxylic acids is 1. The van der Waals surface area contributed by atoms with Gasteiger partial charge in [0.25, 0.3) is 5.89 Å². The number of rotatable bonds is 8. The summed E-state index contributed by atoms with van der Waals surface area (Å²) in [6.07, 6.45) is 2.90. The first-order valence-corrected chi connectivity index (χ1v) is 9.50. The highest BCUT2D eigenvalue weighted by atomic mass is 16.6. The van der Waals surface area contributed by atoms with Crippen LogP contribution in [-0.2, 0) is 16.1 Å². The highest BCUT2D eigenvalue weighted by molar-refractivity contribution is 5.87. The van der Waals surface area contributed by atoms with Crippen LogP contribution in [0.2, 0.25) is 0 Å². The molecule has 7 heteroatoms. The number of hydrogen-bond acceptors (Lipinski definition) is 7. The Balaban J connectivity index is 1.60. The molecular weight excluding hydrogens is 384 g/mol. The summed E-state index contributed by atoms with van der Waals surface area (Å²) in [5.74, 6) is 1.69. The van der Waals surface area contributed by atoms with Gasteiger partial charge < -0.3 is 18.7 Å². The molecule has 3 aromatic rings. The minimum absolute atomic E-state index is 0.116. The fourth-order valence-corrected chi connectivity index (χ4v) is 2.83. The molecule has 0 saturated carbocycles. The van der Waals surface area contributed by atoms with E-state index in [1.54, 1.807) is 31.4 Å². The van der Waals surface area contributed by atoms with Crippen LogP contribution < -0.4 is 9.47 Å². The second kappa shape index (κ2) is 9.73. The van der Waals surface area contributed by atoms with Crippen LogP contribution in [0.25, 0.3) is 17.5 Å². The van der Waals surface area contributed by atoms with Crippen LogP contribution in [0.4, 0.5) is 0 Å². The van der Waals surface area contributed by atoms with Crippen molar-refractivity contribution in [2.24, 2.45) is 0 Å². The maximum absolute atomic E-state index is 12.1. The second-order valence-electron chi connectivity index (χ2n) is 6.81. The Hall–Kier alpha value is -3.61. The minimum Gasteiger partial charge on any atom is -0.493 e. The van der Waals surface area contributed by atoms with Crippen molar-refractivity contribution in [2.75, 3.05) is 14.2 Å². The molecular formula is C23H24N2O5. The van der Waals surface area contributed by atoms with Gasteiger partial charge in [0.05, 0.1) is 14.2 Å². The van der Waals surface area contributed by atoms with Gasteiger partial charge in [0.1, 0.15) is 0 Å². The number of benzene rings is 2. The highest BCUT2D eigenvalue weighted by Gasteiger charge is 2.11. The van der Waals surface area contributed by atoms with E-state index in [4.69, 9.17) is 18.7 Å². The molecule has 0 fully saturated rings. The summed E-state index contributed by atoms with van der Waals surface area (Å²) in [6, 6.07) is 13.3. The first-order valence-electron chi connectivity index (χ1n) is 9.50. The Labute approximate surface area is 175 Å². The van der Waals surface area contributed by atoms with Crippen LogP contribution >= 0.6 is 0 Å². The third-order valence-electron chi connectivity index (χ3n) is 4.47. The molecule has 7 nitrogen and oxygen atoms in total. The Morgan fingerprint density at radius 1 is 1.10 bits per heavy atom. The van der Waals surface area contributed by atoms with E-state index in [1.165, 1.54) is 18.7 Å². The summed E-state index contributed by atoms with van der Waals surface area (Å²) in [6.45, 7) is 4.15. The van der Waals surface area contributed by atoms with Crippen molar-refractivity contribution in [2.45, 2.75) is 26.4 Å². The zero-order chi connectivity index (χ0) is 21.5. The quantitative estimate of drug-likeness (QED) is 0.397. The van der Waals surface area contributed by atoms with Gasteiger partial charge in [-0.2, -0.15) is 4.98 Å². The van der Waals surface area contributed by atoms with Crippen molar-refractivity contribution in [1.29, 1.82) is 0 Å². The molecule has 1 heterocycles. The van der Waals surface area contributed by atoms with Gasteiger partial charge >= 0.3 is 5.97 Å². The average Bonchev–Trinajstić information content (AvgIpc) is 3.25. The van der Waals surface area contributed by atoms with E-state index in [1.807, 2.05) is 24.3 Å². The van der Waals surface area contributed by atoms with Crippen molar-refractivity contribution >= 4 is 12.0 Å². The molecule has 30 heavy (non-hydrogen) atoms. The lowest BCUT2D eigenvalue weighted by Crippen LogP contribution is -2.01. The Bertz CT molecular complexity index is 1020. The fraction of sp³-hybridized carbons (Fsp3) is 0.261. The van der Waals surface area contributed by atoms with E-state index in [0.717, 1.165) is 5.56 Å². The number of para-hydroxylation sites is 1. The number of methoxy groups -OCH3 is 2. The number of esters is 1. The molecule has 2 aromatic carbocycles. The van der Waals surface area contributed by atoms with Crippen molar-refractivity contribution in [1.82, 2.24) is 10.1 Å². The predicted octanol–water partition coefficient (Wildman–Crippen LogP) is 4.63. The van der Waals surface area contributed by atoms with E-state index in [-0.39, 0.29) is 12.5 Å². The van der Waals surface area contributed by atoms with Crippen molar-refractivity contribution in [3.63, 3.8) is 0 Å². The van der Waals surface area contributed by atoms with Gasteiger partial charge in [0, 0.05) is 17.2 Å². The summed E-state index contributed by atoms with van der Waals surface area (Å²) in [5.41, 5.74) is 2.76. The Morgan fingerprint density at radius 3 is 2.53 bits per heavy atom. The highest BCUT2D eigenvalue weighted by Crippen LogP contribution is 2.31. The number of ether oxygens (including phenoxy) is 3. The summed E-state index contributed by atoms with van der Waals surface area (Å²) in [7, 11) is 3.09. The normalized spacial score (nSPS) is 11.1. The Kier molecular flexibility index (Phi) is 6.85. The molecule has 0 N–H and O–H groups in total. The summed E-state index contributed by atoms with van der Waals surface area (Å²) in [5, 5.41) is 3.95. The standard InChI is InChI=1S/C23H24N2O5/c1-15(2)16-8-10-18(11-9-16)23-24-20(30-25-23)14-29-21(26)13-12-17-6-5-7-19(27-3)22(17)28-4/h5-13,15H,14H2,1-4H3/b13-12+. The molecule has 156 valence electrons. The minimum atomic E-state index is -0.541. The number of nitrogens with zero attached hydrogens (tertiary/aromatic N) is 2. The number of aromatic nitrogens is 2. The molecule has 0 spiro atoms. The third kappa shape index (κ3) is 5.05. The molecule has 0 amide bonds. The zero-order valence-corrected chi connectivity index (χ0v) is 17.4. The van der Waals surface area contributed by atoms with Gasteiger partial charge in [-0.1, -0.05) is 55.4 Å². The third-order valence-corrected chi connectivity index (χ3v) is 4.47. The van der Waals surface area contributed by atoms with E-state index < -0.39 is 5.97 Å². The second-order valence-corrected chi connectivity index (χ2v) is 6.81. The molecule has 0 bridgehead atoms. The predicted molar refractivity (Wildman–Crippen MR) is 112 cm³/mol. The van der Waals surface area contributed by atoms with Gasteiger partial charge in [-0.15, -0.1) is 0 Å². The fourth-order valence-electron chi connectivity index (χ4n) is 2.83. The van der Waals surface area contributed by atoms with Gasteiger partial charge in [-0.3, -0.25) is 0 Å². The SMILES string of the molecule is COc1cccc(/C=C/C(=O)OCc2nc(-c3ccc(C(C)C)cc3)no2)c1OC. The lowest BCUT2D eigenvalue weighted by Gasteiger charge is -2.09. The Morgan fingerprint density at radius 2 is 1.87 bits per heavy atom. The first kappa shape index (κ1) is 21.1. The molecule has 0 atom stereocenters. The molecule has 0 saturated heterocycles. The molecule has 0 aliphatic carbocycles. The van der Waals surface area contributed by atoms with Gasteiger partial charge in [-0.05, 0) is 23.6 Å². The maximum atomic E-state index is 12.1. The van der Waals surface area contributed by atoms with Crippen LogP contribution in [0, 0.1) is 0 Å². The molecule has 0 aliphatic rings. The molecule has 3 rings (SSSR count). The van der Waals surface area contributed by atoms with E-state index in [9.17, 15) is 4.79 Å². The van der Waals surface area contributed by atoms with Crippen molar-refractivity contribution in [3.05, 3.63) is 65.6 Å². The first-order chi connectivity index (χ1) is 14.5.